The van der Waals surface area contributed by atoms with Gasteiger partial charge in [-0.1, -0.05) is 13.5 Å². The molecule has 2 fully saturated rings. The molecule has 180 valence electrons. The predicted molar refractivity (Wildman–Crippen MR) is 135 cm³/mol. The number of nitrogens with zero attached hydrogens (tertiary/aromatic N) is 3. The normalized spacial score (nSPS) is 20.8. The molecule has 1 aliphatic heterocycles. The van der Waals surface area contributed by atoms with Crippen LogP contribution in [0.3, 0.4) is 0 Å². The van der Waals surface area contributed by atoms with Crippen LogP contribution in [0, 0.1) is 17.1 Å². The number of aromatic nitrogens is 2. The first-order chi connectivity index (χ1) is 16.9. The topological polar surface area (TPSA) is 91.2 Å². The second-order valence-corrected chi connectivity index (χ2v) is 9.42. The largest absolute Gasteiger partial charge is 0.373 e. The van der Waals surface area contributed by atoms with Crippen molar-refractivity contribution in [2.24, 2.45) is 5.92 Å². The lowest BCUT2D eigenvalue weighted by Gasteiger charge is -2.30. The molecular formula is C27H28FN5O2. The highest BCUT2D eigenvalue weighted by atomic mass is 19.1. The molecule has 3 aromatic rings. The molecule has 2 aromatic heterocycles. The molecule has 35 heavy (non-hydrogen) atoms. The lowest BCUT2D eigenvalue weighted by atomic mass is 9.77. The van der Waals surface area contributed by atoms with Crippen LogP contribution in [0.25, 0.3) is 10.9 Å². The van der Waals surface area contributed by atoms with Crippen molar-refractivity contribution in [3.63, 3.8) is 0 Å². The molecule has 2 N–H and O–H groups in total. The molecule has 2 atom stereocenters. The van der Waals surface area contributed by atoms with Gasteiger partial charge in [0.15, 0.2) is 0 Å². The third kappa shape index (κ3) is 4.66. The van der Waals surface area contributed by atoms with Crippen molar-refractivity contribution in [1.29, 1.82) is 5.41 Å². The fraction of sp³-hybridized carbons (Fsp3) is 0.333. The van der Waals surface area contributed by atoms with Gasteiger partial charge in [0.2, 0.25) is 0 Å². The number of hydrogen-bond donors (Lipinski definition) is 2. The third-order valence-electron chi connectivity index (χ3n) is 6.77. The standard InChI is InChI=1S/C27H28FN5O2/c1-16-9-18(11-19(29)10-16)21-5-6-30-14-25(21)32-27(34)22-3-4-24(28)23-12-20(13-31-26(22)23)33-7-8-35-15-17(33)2/h3-6,12-14,16,18,29H,2,7-11,15H2,1H3,(H,32,34)/t16-,18+/m0/s1. The Morgan fingerprint density at radius 2 is 2.14 bits per heavy atom. The molecule has 8 heteroatoms. The second kappa shape index (κ2) is 9.54. The Balaban J connectivity index is 1.46. The Bertz CT molecular complexity index is 1320. The number of benzene rings is 1. The summed E-state index contributed by atoms with van der Waals surface area (Å²) >= 11 is 0. The predicted octanol–water partition coefficient (Wildman–Crippen LogP) is 5.29. The summed E-state index contributed by atoms with van der Waals surface area (Å²) in [7, 11) is 0. The quantitative estimate of drug-likeness (QED) is 0.537. The molecule has 7 nitrogen and oxygen atoms in total. The summed E-state index contributed by atoms with van der Waals surface area (Å²) in [6.07, 6.45) is 7.43. The summed E-state index contributed by atoms with van der Waals surface area (Å²) in [6, 6.07) is 6.37. The Morgan fingerprint density at radius 3 is 2.94 bits per heavy atom. The zero-order valence-electron chi connectivity index (χ0n) is 19.7. The Morgan fingerprint density at radius 1 is 1.29 bits per heavy atom. The van der Waals surface area contributed by atoms with Crippen LogP contribution in [0.15, 0.2) is 55.1 Å². The van der Waals surface area contributed by atoms with E-state index < -0.39 is 5.82 Å². The van der Waals surface area contributed by atoms with E-state index in [-0.39, 0.29) is 22.8 Å². The lowest BCUT2D eigenvalue weighted by Crippen LogP contribution is -2.33. The van der Waals surface area contributed by atoms with Gasteiger partial charge in [-0.25, -0.2) is 4.39 Å². The van der Waals surface area contributed by atoms with E-state index in [2.05, 4.69) is 28.8 Å². The van der Waals surface area contributed by atoms with Gasteiger partial charge in [0.25, 0.3) is 5.91 Å². The maximum Gasteiger partial charge on any atom is 0.257 e. The molecule has 1 aliphatic carbocycles. The molecular weight excluding hydrogens is 445 g/mol. The van der Waals surface area contributed by atoms with E-state index in [4.69, 9.17) is 10.1 Å². The van der Waals surface area contributed by atoms with Gasteiger partial charge in [0, 0.05) is 29.5 Å². The average Bonchev–Trinajstić information content (AvgIpc) is 2.84. The summed E-state index contributed by atoms with van der Waals surface area (Å²) in [5, 5.41) is 11.4. The van der Waals surface area contributed by atoms with Crippen LogP contribution in [0.5, 0.6) is 0 Å². The van der Waals surface area contributed by atoms with Crippen molar-refractivity contribution in [2.75, 3.05) is 30.0 Å². The Hall–Kier alpha value is -3.65. The van der Waals surface area contributed by atoms with Crippen LogP contribution in [-0.4, -0.2) is 41.3 Å². The highest BCUT2D eigenvalue weighted by Gasteiger charge is 2.26. The van der Waals surface area contributed by atoms with Gasteiger partial charge < -0.3 is 20.4 Å². The number of halogens is 1. The Labute approximate surface area is 203 Å². The SMILES string of the molecule is C=C1COCCN1c1cnc2c(C(=O)Nc3cnccc3[C@H]3CC(=N)C[C@@H](C)C3)ccc(F)c2c1. The number of pyridine rings is 2. The van der Waals surface area contributed by atoms with E-state index in [0.29, 0.717) is 49.0 Å². The first-order valence-corrected chi connectivity index (χ1v) is 11.8. The van der Waals surface area contributed by atoms with Crippen molar-refractivity contribution >= 4 is 33.9 Å². The number of nitrogens with one attached hydrogen (secondary N) is 2. The molecule has 0 spiro atoms. The highest BCUT2D eigenvalue weighted by Crippen LogP contribution is 2.37. The number of hydrogen-bond acceptors (Lipinski definition) is 6. The fourth-order valence-electron chi connectivity index (χ4n) is 5.15. The minimum Gasteiger partial charge on any atom is -0.373 e. The molecule has 1 saturated carbocycles. The zero-order valence-corrected chi connectivity index (χ0v) is 19.7. The molecule has 0 bridgehead atoms. The first-order valence-electron chi connectivity index (χ1n) is 11.8. The molecule has 1 amide bonds. The van der Waals surface area contributed by atoms with Crippen LogP contribution in [0.1, 0.15) is 48.0 Å². The van der Waals surface area contributed by atoms with E-state index in [0.717, 1.165) is 29.8 Å². The van der Waals surface area contributed by atoms with E-state index in [1.807, 2.05) is 11.0 Å². The highest BCUT2D eigenvalue weighted by molar-refractivity contribution is 6.12. The number of morpholine rings is 1. The smallest absolute Gasteiger partial charge is 0.257 e. The maximum atomic E-state index is 14.8. The van der Waals surface area contributed by atoms with Crippen molar-refractivity contribution in [3.05, 3.63) is 72.1 Å². The number of ether oxygens (including phenoxy) is 1. The molecule has 5 rings (SSSR count). The molecule has 2 aliphatic rings. The summed E-state index contributed by atoms with van der Waals surface area (Å²) in [6.45, 7) is 7.74. The van der Waals surface area contributed by atoms with Crippen molar-refractivity contribution in [3.8, 4) is 0 Å². The fourth-order valence-corrected chi connectivity index (χ4v) is 5.15. The van der Waals surface area contributed by atoms with E-state index in [1.54, 1.807) is 24.7 Å². The number of amides is 1. The molecule has 0 radical (unpaired) electrons. The number of carbonyl (C=O) groups excluding carboxylic acids is 1. The lowest BCUT2D eigenvalue weighted by molar-refractivity contribution is 0.102. The monoisotopic (exact) mass is 473 g/mol. The van der Waals surface area contributed by atoms with Gasteiger partial charge in [-0.3, -0.25) is 14.8 Å². The van der Waals surface area contributed by atoms with Gasteiger partial charge in [-0.15, -0.1) is 0 Å². The van der Waals surface area contributed by atoms with Crippen LogP contribution in [0.4, 0.5) is 15.8 Å². The number of rotatable bonds is 4. The second-order valence-electron chi connectivity index (χ2n) is 9.42. The third-order valence-corrected chi connectivity index (χ3v) is 6.77. The Kier molecular flexibility index (Phi) is 6.30. The molecule has 1 aromatic carbocycles. The minimum absolute atomic E-state index is 0.150. The van der Waals surface area contributed by atoms with Crippen molar-refractivity contribution in [2.45, 2.75) is 32.1 Å². The van der Waals surface area contributed by atoms with Crippen LogP contribution in [0.2, 0.25) is 0 Å². The van der Waals surface area contributed by atoms with E-state index in [1.165, 1.54) is 12.1 Å². The van der Waals surface area contributed by atoms with Gasteiger partial charge in [0.05, 0.1) is 48.1 Å². The van der Waals surface area contributed by atoms with Gasteiger partial charge in [-0.05, 0) is 60.9 Å². The zero-order chi connectivity index (χ0) is 24.5. The van der Waals surface area contributed by atoms with Gasteiger partial charge >= 0.3 is 0 Å². The summed E-state index contributed by atoms with van der Waals surface area (Å²) < 4.78 is 20.2. The molecule has 1 saturated heterocycles. The minimum atomic E-state index is -0.443. The maximum absolute atomic E-state index is 14.8. The van der Waals surface area contributed by atoms with E-state index >= 15 is 0 Å². The van der Waals surface area contributed by atoms with Crippen LogP contribution < -0.4 is 10.2 Å². The number of carbonyl (C=O) groups is 1. The summed E-state index contributed by atoms with van der Waals surface area (Å²) in [5.41, 5.74) is 4.39. The first kappa shape index (κ1) is 23.1. The van der Waals surface area contributed by atoms with Crippen LogP contribution >= 0.6 is 0 Å². The molecule has 3 heterocycles. The van der Waals surface area contributed by atoms with Crippen molar-refractivity contribution in [1.82, 2.24) is 9.97 Å². The summed E-state index contributed by atoms with van der Waals surface area (Å²) in [4.78, 5) is 24.0. The summed E-state index contributed by atoms with van der Waals surface area (Å²) in [5.74, 6) is -0.252. The van der Waals surface area contributed by atoms with Gasteiger partial charge in [-0.2, -0.15) is 0 Å². The van der Waals surface area contributed by atoms with E-state index in [9.17, 15) is 9.18 Å². The number of fused-ring (bicyclic) bond motifs is 1. The average molecular weight is 474 g/mol. The number of anilines is 2. The molecule has 0 unspecified atom stereocenters. The van der Waals surface area contributed by atoms with Crippen LogP contribution in [-0.2, 0) is 4.74 Å². The van der Waals surface area contributed by atoms with Crippen molar-refractivity contribution < 1.29 is 13.9 Å². The van der Waals surface area contributed by atoms with Gasteiger partial charge in [0.1, 0.15) is 5.82 Å².